The molecule has 1 amide bonds. The molecule has 0 spiro atoms. The van der Waals surface area contributed by atoms with Gasteiger partial charge in [-0.2, -0.15) is 4.98 Å². The van der Waals surface area contributed by atoms with Crippen LogP contribution < -0.4 is 9.64 Å². The first kappa shape index (κ1) is 21.0. The predicted molar refractivity (Wildman–Crippen MR) is 115 cm³/mol. The van der Waals surface area contributed by atoms with Crippen LogP contribution in [-0.4, -0.2) is 58.1 Å². The lowest BCUT2D eigenvalue weighted by Gasteiger charge is -2.22. The van der Waals surface area contributed by atoms with Gasteiger partial charge in [-0.25, -0.2) is 4.98 Å². The molecule has 0 radical (unpaired) electrons. The number of pyridine rings is 1. The molecule has 3 rings (SSSR count). The number of ether oxygens (including phenoxy) is 1. The summed E-state index contributed by atoms with van der Waals surface area (Å²) in [6.07, 6.45) is 3.21. The number of benzene rings is 1. The van der Waals surface area contributed by atoms with E-state index in [2.05, 4.69) is 15.0 Å². The summed E-state index contributed by atoms with van der Waals surface area (Å²) in [5, 5.41) is 9.47. The smallest absolute Gasteiger partial charge is 0.239 e. The van der Waals surface area contributed by atoms with Crippen molar-refractivity contribution in [2.45, 2.75) is 13.8 Å². The second kappa shape index (κ2) is 9.21. The van der Waals surface area contributed by atoms with Gasteiger partial charge in [-0.3, -0.25) is 9.78 Å². The van der Waals surface area contributed by atoms with Crippen LogP contribution in [0.15, 0.2) is 48.8 Å². The van der Waals surface area contributed by atoms with E-state index in [9.17, 15) is 9.90 Å². The molecule has 1 aromatic carbocycles. The minimum absolute atomic E-state index is 0.00701. The summed E-state index contributed by atoms with van der Waals surface area (Å²) in [6.45, 7) is 4.61. The van der Waals surface area contributed by atoms with E-state index in [-0.39, 0.29) is 11.8 Å². The summed E-state index contributed by atoms with van der Waals surface area (Å²) in [5.41, 5.74) is 2.67. The fourth-order valence-corrected chi connectivity index (χ4v) is 2.82. The minimum atomic E-state index is 0.00701. The third kappa shape index (κ3) is 5.22. The van der Waals surface area contributed by atoms with Gasteiger partial charge in [0.15, 0.2) is 5.82 Å². The van der Waals surface area contributed by atoms with Crippen molar-refractivity contribution in [3.05, 3.63) is 54.5 Å². The third-order valence-corrected chi connectivity index (χ3v) is 4.76. The van der Waals surface area contributed by atoms with Crippen molar-refractivity contribution in [3.63, 3.8) is 0 Å². The zero-order chi connectivity index (χ0) is 21.7. The summed E-state index contributed by atoms with van der Waals surface area (Å²) in [5.74, 6) is 1.70. The van der Waals surface area contributed by atoms with Crippen molar-refractivity contribution in [3.8, 4) is 28.6 Å². The van der Waals surface area contributed by atoms with E-state index in [1.165, 1.54) is 0 Å². The molecule has 0 bridgehead atoms. The molecule has 2 aromatic heterocycles. The van der Waals surface area contributed by atoms with E-state index in [0.29, 0.717) is 30.5 Å². The average molecular weight is 407 g/mol. The normalized spacial score (nSPS) is 10.5. The molecular formula is C22H25N5O3. The van der Waals surface area contributed by atoms with Crippen LogP contribution in [0.25, 0.3) is 11.1 Å². The number of aryl methyl sites for hydroxylation is 1. The first-order chi connectivity index (χ1) is 14.3. The van der Waals surface area contributed by atoms with Gasteiger partial charge in [0.2, 0.25) is 17.7 Å². The van der Waals surface area contributed by atoms with Gasteiger partial charge >= 0.3 is 0 Å². The molecular weight excluding hydrogens is 382 g/mol. The maximum atomic E-state index is 11.3. The van der Waals surface area contributed by atoms with E-state index in [1.807, 2.05) is 49.2 Å². The van der Waals surface area contributed by atoms with Gasteiger partial charge in [0.05, 0.1) is 12.4 Å². The Hall–Kier alpha value is -3.68. The zero-order valence-electron chi connectivity index (χ0n) is 17.5. The van der Waals surface area contributed by atoms with E-state index >= 15 is 0 Å². The highest BCUT2D eigenvalue weighted by atomic mass is 16.5. The number of amides is 1. The van der Waals surface area contributed by atoms with Gasteiger partial charge < -0.3 is 19.6 Å². The molecule has 0 fully saturated rings. The number of aromatic nitrogens is 3. The topological polar surface area (TPSA) is 91.7 Å². The van der Waals surface area contributed by atoms with Crippen LogP contribution >= 0.6 is 0 Å². The van der Waals surface area contributed by atoms with E-state index < -0.39 is 0 Å². The molecule has 0 atom stereocenters. The van der Waals surface area contributed by atoms with Crippen LogP contribution in [0.1, 0.15) is 12.6 Å². The van der Waals surface area contributed by atoms with Gasteiger partial charge in [0.1, 0.15) is 5.75 Å². The quantitative estimate of drug-likeness (QED) is 0.643. The van der Waals surface area contributed by atoms with Crippen molar-refractivity contribution in [2.75, 3.05) is 32.1 Å². The third-order valence-electron chi connectivity index (χ3n) is 4.76. The van der Waals surface area contributed by atoms with Crippen LogP contribution in [0.2, 0.25) is 0 Å². The van der Waals surface area contributed by atoms with Crippen molar-refractivity contribution < 1.29 is 14.6 Å². The Morgan fingerprint density at radius 3 is 2.43 bits per heavy atom. The standard InChI is InChI=1S/C22H25N5O3/c1-15-19(9-10-21(29)24-15)17-5-7-18(8-6-17)30-22-14-23-13-20(25-22)27(4)12-11-26(3)16(2)28/h5-10,13-14H,11-12H2,1-4H3,(H,24,29). The Bertz CT molecular complexity index is 1020. The Kier molecular flexibility index (Phi) is 6.46. The highest BCUT2D eigenvalue weighted by Crippen LogP contribution is 2.27. The molecule has 0 saturated heterocycles. The largest absolute Gasteiger partial charge is 0.493 e. The molecule has 0 saturated carbocycles. The van der Waals surface area contributed by atoms with Crippen molar-refractivity contribution >= 4 is 11.7 Å². The van der Waals surface area contributed by atoms with E-state index in [1.54, 1.807) is 37.3 Å². The highest BCUT2D eigenvalue weighted by Gasteiger charge is 2.09. The van der Waals surface area contributed by atoms with Gasteiger partial charge in [0.25, 0.3) is 0 Å². The number of likely N-dealkylation sites (N-methyl/N-ethyl adjacent to an activating group) is 2. The number of hydrogen-bond donors (Lipinski definition) is 1. The maximum Gasteiger partial charge on any atom is 0.239 e. The fourth-order valence-electron chi connectivity index (χ4n) is 2.82. The summed E-state index contributed by atoms with van der Waals surface area (Å²) in [6, 6.07) is 11.0. The number of aromatic hydroxyl groups is 1. The summed E-state index contributed by atoms with van der Waals surface area (Å²) < 4.78 is 5.85. The minimum Gasteiger partial charge on any atom is -0.493 e. The van der Waals surface area contributed by atoms with E-state index in [4.69, 9.17) is 4.74 Å². The van der Waals surface area contributed by atoms with Gasteiger partial charge in [-0.15, -0.1) is 0 Å². The summed E-state index contributed by atoms with van der Waals surface area (Å²) in [7, 11) is 3.66. The molecule has 156 valence electrons. The van der Waals surface area contributed by atoms with Gasteiger partial charge in [0, 0.05) is 51.4 Å². The first-order valence-corrected chi connectivity index (χ1v) is 9.53. The molecule has 3 aromatic rings. The lowest BCUT2D eigenvalue weighted by Crippen LogP contribution is -2.33. The molecule has 0 aliphatic rings. The second-order valence-corrected chi connectivity index (χ2v) is 7.01. The SMILES string of the molecule is CC(=O)N(C)CCN(C)c1cncc(Oc2ccc(-c3ccc(O)nc3C)cc2)n1. The Balaban J connectivity index is 1.68. The van der Waals surface area contributed by atoms with Crippen LogP contribution in [-0.2, 0) is 4.79 Å². The molecule has 30 heavy (non-hydrogen) atoms. The van der Waals surface area contributed by atoms with Gasteiger partial charge in [-0.1, -0.05) is 12.1 Å². The average Bonchev–Trinajstić information content (AvgIpc) is 2.72. The molecule has 8 heteroatoms. The number of carbonyl (C=O) groups excluding carboxylic acids is 1. The number of nitrogens with zero attached hydrogens (tertiary/aromatic N) is 5. The molecule has 1 N–H and O–H groups in total. The Morgan fingerprint density at radius 1 is 1.03 bits per heavy atom. The van der Waals surface area contributed by atoms with Crippen molar-refractivity contribution in [1.82, 2.24) is 19.9 Å². The fraction of sp³-hybridized carbons (Fsp3) is 0.273. The lowest BCUT2D eigenvalue weighted by atomic mass is 10.0. The lowest BCUT2D eigenvalue weighted by molar-refractivity contribution is -0.127. The van der Waals surface area contributed by atoms with Crippen molar-refractivity contribution in [1.29, 1.82) is 0 Å². The van der Waals surface area contributed by atoms with Gasteiger partial charge in [-0.05, 0) is 30.7 Å². The second-order valence-electron chi connectivity index (χ2n) is 7.01. The van der Waals surface area contributed by atoms with Crippen LogP contribution in [0.5, 0.6) is 17.5 Å². The Labute approximate surface area is 175 Å². The molecule has 0 unspecified atom stereocenters. The number of rotatable bonds is 7. The zero-order valence-corrected chi connectivity index (χ0v) is 17.5. The molecule has 2 heterocycles. The monoisotopic (exact) mass is 407 g/mol. The molecule has 0 aliphatic carbocycles. The first-order valence-electron chi connectivity index (χ1n) is 9.53. The van der Waals surface area contributed by atoms with Crippen molar-refractivity contribution in [2.24, 2.45) is 0 Å². The highest BCUT2D eigenvalue weighted by molar-refractivity contribution is 5.72. The summed E-state index contributed by atoms with van der Waals surface area (Å²) >= 11 is 0. The molecule has 0 aliphatic heterocycles. The summed E-state index contributed by atoms with van der Waals surface area (Å²) in [4.78, 5) is 27.7. The van der Waals surface area contributed by atoms with Crippen LogP contribution in [0, 0.1) is 6.92 Å². The number of anilines is 1. The number of carbonyl (C=O) groups is 1. The van der Waals surface area contributed by atoms with E-state index in [0.717, 1.165) is 16.8 Å². The molecule has 8 nitrogen and oxygen atoms in total. The van der Waals surface area contributed by atoms with Crippen LogP contribution in [0.3, 0.4) is 0 Å². The van der Waals surface area contributed by atoms with Crippen LogP contribution in [0.4, 0.5) is 5.82 Å². The predicted octanol–water partition coefficient (Wildman–Crippen LogP) is 3.26. The maximum absolute atomic E-state index is 11.3. The Morgan fingerprint density at radius 2 is 1.77 bits per heavy atom. The number of hydrogen-bond acceptors (Lipinski definition) is 7.